The van der Waals surface area contributed by atoms with Gasteiger partial charge in [0, 0.05) is 22.3 Å². The first-order chi connectivity index (χ1) is 15.6. The summed E-state index contributed by atoms with van der Waals surface area (Å²) in [4.78, 5) is 0. The number of hydrogen-bond acceptors (Lipinski definition) is 0. The second kappa shape index (κ2) is 9.26. The molecule has 0 atom stereocenters. The summed E-state index contributed by atoms with van der Waals surface area (Å²) in [5.41, 5.74) is 8.21. The summed E-state index contributed by atoms with van der Waals surface area (Å²) in [5, 5.41) is 2.14. The highest BCUT2D eigenvalue weighted by Crippen LogP contribution is 2.32. The van der Waals surface area contributed by atoms with Crippen molar-refractivity contribution in [1.29, 1.82) is 0 Å². The lowest BCUT2D eigenvalue weighted by Crippen LogP contribution is -1.96. The lowest BCUT2D eigenvalue weighted by atomic mass is 9.89. The van der Waals surface area contributed by atoms with Gasteiger partial charge in [-0.3, -0.25) is 0 Å². The molecule has 4 aromatic rings. The Morgan fingerprint density at radius 3 is 1.38 bits per heavy atom. The molecule has 32 heavy (non-hydrogen) atoms. The fourth-order valence-electron chi connectivity index (χ4n) is 3.89. The van der Waals surface area contributed by atoms with E-state index in [1.54, 1.807) is 0 Å². The monoisotopic (exact) mass is 408 g/mol. The Hall–Kier alpha value is -4.26. The largest absolute Gasteiger partial charge is 0.0984 e. The topological polar surface area (TPSA) is 0 Å². The third kappa shape index (κ3) is 4.27. The van der Waals surface area contributed by atoms with Crippen molar-refractivity contribution in [2.45, 2.75) is 13.8 Å². The van der Waals surface area contributed by atoms with Crippen molar-refractivity contribution in [2.75, 3.05) is 0 Å². The van der Waals surface area contributed by atoms with Crippen molar-refractivity contribution in [3.05, 3.63) is 130 Å². The zero-order valence-electron chi connectivity index (χ0n) is 18.5. The molecule has 0 aliphatic heterocycles. The van der Waals surface area contributed by atoms with Gasteiger partial charge in [0.15, 0.2) is 0 Å². The van der Waals surface area contributed by atoms with Crippen molar-refractivity contribution in [2.24, 2.45) is 0 Å². The molecule has 4 aromatic carbocycles. The number of benzene rings is 4. The molecule has 0 unspecified atom stereocenters. The molecule has 0 nitrogen and oxygen atoms in total. The van der Waals surface area contributed by atoms with Crippen molar-refractivity contribution >= 4 is 22.9 Å². The third-order valence-electron chi connectivity index (χ3n) is 5.40. The SMILES string of the molecule is C=Cc1c(C=C)c(C#Cc2cccc(C)c2)c2ccccc2c1C#Cc1cccc(C)c1. The van der Waals surface area contributed by atoms with Crippen molar-refractivity contribution in [3.8, 4) is 23.7 Å². The predicted octanol–water partition coefficient (Wildman–Crippen LogP) is 7.54. The molecule has 0 fully saturated rings. The molecule has 0 amide bonds. The highest BCUT2D eigenvalue weighted by molar-refractivity contribution is 5.99. The van der Waals surface area contributed by atoms with Crippen molar-refractivity contribution in [3.63, 3.8) is 0 Å². The molecule has 0 aliphatic carbocycles. The Morgan fingerprint density at radius 2 is 1.00 bits per heavy atom. The second-order valence-electron chi connectivity index (χ2n) is 7.77. The Morgan fingerprint density at radius 1 is 0.562 bits per heavy atom. The van der Waals surface area contributed by atoms with Crippen LogP contribution >= 0.6 is 0 Å². The third-order valence-corrected chi connectivity index (χ3v) is 5.40. The summed E-state index contributed by atoms with van der Waals surface area (Å²) in [6, 6.07) is 24.8. The molecule has 0 radical (unpaired) electrons. The van der Waals surface area contributed by atoms with Gasteiger partial charge in [-0.05, 0) is 71.1 Å². The summed E-state index contributed by atoms with van der Waals surface area (Å²) < 4.78 is 0. The molecular formula is C32H24. The van der Waals surface area contributed by atoms with E-state index in [0.29, 0.717) is 0 Å². The second-order valence-corrected chi connectivity index (χ2v) is 7.77. The van der Waals surface area contributed by atoms with Crippen LogP contribution in [0.4, 0.5) is 0 Å². The molecule has 0 saturated heterocycles. The maximum atomic E-state index is 4.08. The average Bonchev–Trinajstić information content (AvgIpc) is 2.81. The smallest absolute Gasteiger partial charge is 0.0406 e. The highest BCUT2D eigenvalue weighted by Gasteiger charge is 2.14. The summed E-state index contributed by atoms with van der Waals surface area (Å²) in [5.74, 6) is 13.5. The minimum Gasteiger partial charge on any atom is -0.0984 e. The molecule has 0 heteroatoms. The molecule has 0 heterocycles. The molecule has 0 spiro atoms. The summed E-state index contributed by atoms with van der Waals surface area (Å²) in [7, 11) is 0. The summed E-state index contributed by atoms with van der Waals surface area (Å²) in [6.45, 7) is 12.3. The lowest BCUT2D eigenvalue weighted by molar-refractivity contribution is 1.45. The maximum absolute atomic E-state index is 4.08. The molecular weight excluding hydrogens is 384 g/mol. The standard InChI is InChI=1S/C32H24/c1-5-27-28(6-2)32(20-18-26-14-10-12-24(4)22-26)30-16-8-7-15-29(30)31(27)19-17-25-13-9-11-23(3)21-25/h5-16,21-22H,1-2H2,3-4H3. The molecule has 0 N–H and O–H groups in total. The van der Waals surface area contributed by atoms with Crippen LogP contribution in [0.5, 0.6) is 0 Å². The van der Waals surface area contributed by atoms with Gasteiger partial charge in [0.25, 0.3) is 0 Å². The highest BCUT2D eigenvalue weighted by atomic mass is 14.2. The van der Waals surface area contributed by atoms with Gasteiger partial charge >= 0.3 is 0 Å². The number of rotatable bonds is 2. The van der Waals surface area contributed by atoms with E-state index in [2.05, 4.69) is 87.1 Å². The van der Waals surface area contributed by atoms with Crippen LogP contribution < -0.4 is 0 Å². The van der Waals surface area contributed by atoms with E-state index in [4.69, 9.17) is 0 Å². The quantitative estimate of drug-likeness (QED) is 0.301. The van der Waals surface area contributed by atoms with Crippen LogP contribution in [-0.2, 0) is 0 Å². The van der Waals surface area contributed by atoms with Crippen LogP contribution in [0, 0.1) is 37.5 Å². The number of hydrogen-bond donors (Lipinski definition) is 0. The van der Waals surface area contributed by atoms with Gasteiger partial charge in [-0.2, -0.15) is 0 Å². The van der Waals surface area contributed by atoms with Gasteiger partial charge in [-0.15, -0.1) is 0 Å². The molecule has 0 aliphatic rings. The summed E-state index contributed by atoms with van der Waals surface area (Å²) in [6.07, 6.45) is 3.73. The van der Waals surface area contributed by atoms with Crippen LogP contribution in [0.2, 0.25) is 0 Å². The van der Waals surface area contributed by atoms with E-state index in [1.165, 1.54) is 11.1 Å². The summed E-state index contributed by atoms with van der Waals surface area (Å²) >= 11 is 0. The van der Waals surface area contributed by atoms with E-state index in [9.17, 15) is 0 Å². The zero-order valence-corrected chi connectivity index (χ0v) is 18.5. The Balaban J connectivity index is 1.98. The van der Waals surface area contributed by atoms with Gasteiger partial charge in [0.05, 0.1) is 0 Å². The molecule has 0 aromatic heterocycles. The Kier molecular flexibility index (Phi) is 6.07. The van der Waals surface area contributed by atoms with E-state index in [1.807, 2.05) is 48.6 Å². The van der Waals surface area contributed by atoms with Gasteiger partial charge in [-0.1, -0.05) is 97.5 Å². The van der Waals surface area contributed by atoms with E-state index in [0.717, 1.165) is 44.2 Å². The minimum atomic E-state index is 0.952. The lowest BCUT2D eigenvalue weighted by Gasteiger charge is -2.13. The first-order valence-electron chi connectivity index (χ1n) is 10.6. The van der Waals surface area contributed by atoms with Crippen LogP contribution in [0.1, 0.15) is 44.5 Å². The first-order valence-corrected chi connectivity index (χ1v) is 10.6. The van der Waals surface area contributed by atoms with Crippen molar-refractivity contribution in [1.82, 2.24) is 0 Å². The fourth-order valence-corrected chi connectivity index (χ4v) is 3.89. The Labute approximate surface area is 190 Å². The van der Waals surface area contributed by atoms with E-state index in [-0.39, 0.29) is 0 Å². The average molecular weight is 409 g/mol. The molecule has 152 valence electrons. The molecule has 4 rings (SSSR count). The fraction of sp³-hybridized carbons (Fsp3) is 0.0625. The van der Waals surface area contributed by atoms with Crippen LogP contribution in [-0.4, -0.2) is 0 Å². The number of fused-ring (bicyclic) bond motifs is 1. The zero-order chi connectivity index (χ0) is 22.5. The van der Waals surface area contributed by atoms with Crippen molar-refractivity contribution < 1.29 is 0 Å². The minimum absolute atomic E-state index is 0.952. The maximum Gasteiger partial charge on any atom is 0.0406 e. The van der Waals surface area contributed by atoms with E-state index >= 15 is 0 Å². The van der Waals surface area contributed by atoms with Crippen LogP contribution in [0.3, 0.4) is 0 Å². The Bertz CT molecular complexity index is 1360. The van der Waals surface area contributed by atoms with Crippen LogP contribution in [0.25, 0.3) is 22.9 Å². The molecule has 0 bridgehead atoms. The van der Waals surface area contributed by atoms with Gasteiger partial charge in [-0.25, -0.2) is 0 Å². The molecule has 0 saturated carbocycles. The predicted molar refractivity (Wildman–Crippen MR) is 138 cm³/mol. The van der Waals surface area contributed by atoms with E-state index < -0.39 is 0 Å². The van der Waals surface area contributed by atoms with Crippen LogP contribution in [0.15, 0.2) is 86.0 Å². The van der Waals surface area contributed by atoms with Gasteiger partial charge in [0.1, 0.15) is 0 Å². The van der Waals surface area contributed by atoms with Gasteiger partial charge < -0.3 is 0 Å². The number of aryl methyl sites for hydroxylation is 2. The van der Waals surface area contributed by atoms with Gasteiger partial charge in [0.2, 0.25) is 0 Å². The first kappa shape index (κ1) is 21.0. The normalized spacial score (nSPS) is 9.94.